The fourth-order valence-corrected chi connectivity index (χ4v) is 3.50. The monoisotopic (exact) mass is 481 g/mol. The van der Waals surface area contributed by atoms with Crippen LogP contribution in [0.4, 0.5) is 5.13 Å². The Bertz CT molecular complexity index is 904. The minimum Gasteiger partial charge on any atom is -0.383 e. The van der Waals surface area contributed by atoms with Crippen molar-refractivity contribution in [2.75, 3.05) is 59.3 Å². The standard InChI is InChI=1S/C21H28ClN5O4S/c1-26(2)9-8-23-18(28)12-17-14-32-21(24-17)25-19(29)13-27(10-11-31-3)20(30)15-4-6-16(22)7-5-15/h4-7,14H,8-13H2,1-3H3,(H,23,28)(H,24,25,29). The van der Waals surface area contributed by atoms with Crippen LogP contribution in [0.1, 0.15) is 16.1 Å². The molecule has 1 aromatic carbocycles. The molecule has 3 amide bonds. The van der Waals surface area contributed by atoms with Crippen LogP contribution in [0.3, 0.4) is 0 Å². The van der Waals surface area contributed by atoms with Crippen molar-refractivity contribution in [2.45, 2.75) is 6.42 Å². The van der Waals surface area contributed by atoms with Crippen LogP contribution >= 0.6 is 22.9 Å². The van der Waals surface area contributed by atoms with Crippen LogP contribution < -0.4 is 10.6 Å². The van der Waals surface area contributed by atoms with Crippen molar-refractivity contribution in [3.8, 4) is 0 Å². The zero-order valence-electron chi connectivity index (χ0n) is 18.4. The summed E-state index contributed by atoms with van der Waals surface area (Å²) in [5.41, 5.74) is 0.997. The Hall–Kier alpha value is -2.53. The van der Waals surface area contributed by atoms with Crippen molar-refractivity contribution in [1.82, 2.24) is 20.1 Å². The van der Waals surface area contributed by atoms with Gasteiger partial charge in [0, 0.05) is 42.7 Å². The summed E-state index contributed by atoms with van der Waals surface area (Å²) in [6.07, 6.45) is 0.134. The molecule has 0 aliphatic rings. The number of anilines is 1. The molecule has 0 aliphatic heterocycles. The highest BCUT2D eigenvalue weighted by atomic mass is 35.5. The summed E-state index contributed by atoms with van der Waals surface area (Å²) in [6.45, 7) is 1.68. The number of carbonyl (C=O) groups excluding carboxylic acids is 3. The number of halogens is 1. The van der Waals surface area contributed by atoms with Gasteiger partial charge >= 0.3 is 0 Å². The van der Waals surface area contributed by atoms with Crippen LogP contribution in [0.2, 0.25) is 5.02 Å². The number of carbonyl (C=O) groups is 3. The Kier molecular flexibility index (Phi) is 10.5. The predicted molar refractivity (Wildman–Crippen MR) is 125 cm³/mol. The van der Waals surface area contributed by atoms with Gasteiger partial charge in [-0.05, 0) is 38.4 Å². The number of thiazole rings is 1. The van der Waals surface area contributed by atoms with E-state index in [0.717, 1.165) is 6.54 Å². The maximum Gasteiger partial charge on any atom is 0.254 e. The second-order valence-electron chi connectivity index (χ2n) is 7.25. The topological polar surface area (TPSA) is 104 Å². The van der Waals surface area contributed by atoms with Gasteiger partial charge in [0.25, 0.3) is 5.91 Å². The summed E-state index contributed by atoms with van der Waals surface area (Å²) in [6, 6.07) is 6.46. The Morgan fingerprint density at radius 1 is 1.12 bits per heavy atom. The molecule has 0 bridgehead atoms. The molecule has 1 aromatic heterocycles. The average Bonchev–Trinajstić information content (AvgIpc) is 3.17. The lowest BCUT2D eigenvalue weighted by Crippen LogP contribution is -2.40. The number of nitrogens with zero attached hydrogens (tertiary/aromatic N) is 3. The molecule has 2 N–H and O–H groups in total. The molecule has 0 saturated heterocycles. The smallest absolute Gasteiger partial charge is 0.254 e. The van der Waals surface area contributed by atoms with Crippen LogP contribution in [-0.4, -0.2) is 86.5 Å². The molecule has 0 aliphatic carbocycles. The van der Waals surface area contributed by atoms with Crippen molar-refractivity contribution in [1.29, 1.82) is 0 Å². The van der Waals surface area contributed by atoms with Crippen molar-refractivity contribution in [3.63, 3.8) is 0 Å². The van der Waals surface area contributed by atoms with Crippen molar-refractivity contribution >= 4 is 45.8 Å². The van der Waals surface area contributed by atoms with Crippen LogP contribution in [0.5, 0.6) is 0 Å². The zero-order valence-corrected chi connectivity index (χ0v) is 20.0. The lowest BCUT2D eigenvalue weighted by molar-refractivity contribution is -0.120. The molecule has 2 aromatic rings. The van der Waals surface area contributed by atoms with Gasteiger partial charge in [0.05, 0.1) is 18.7 Å². The molecule has 0 unspecified atom stereocenters. The number of methoxy groups -OCH3 is 1. The first-order valence-corrected chi connectivity index (χ1v) is 11.2. The number of rotatable bonds is 12. The lowest BCUT2D eigenvalue weighted by Gasteiger charge is -2.21. The van der Waals surface area contributed by atoms with Crippen LogP contribution in [0.15, 0.2) is 29.6 Å². The third-order valence-corrected chi connectivity index (χ3v) is 5.36. The summed E-state index contributed by atoms with van der Waals surface area (Å²) in [5.74, 6) is -0.822. The van der Waals surface area contributed by atoms with Crippen molar-refractivity contribution in [3.05, 3.63) is 45.9 Å². The second-order valence-corrected chi connectivity index (χ2v) is 8.54. The van der Waals surface area contributed by atoms with Gasteiger partial charge in [-0.3, -0.25) is 14.4 Å². The van der Waals surface area contributed by atoms with E-state index in [-0.39, 0.29) is 43.8 Å². The highest BCUT2D eigenvalue weighted by Gasteiger charge is 2.19. The predicted octanol–water partition coefficient (Wildman–Crippen LogP) is 1.74. The number of likely N-dealkylation sites (N-methyl/N-ethyl adjacent to an activating group) is 1. The van der Waals surface area contributed by atoms with Gasteiger partial charge in [-0.1, -0.05) is 11.6 Å². The summed E-state index contributed by atoms with van der Waals surface area (Å²) >= 11 is 7.11. The van der Waals surface area contributed by atoms with Gasteiger partial charge in [0.1, 0.15) is 6.54 Å². The van der Waals surface area contributed by atoms with E-state index < -0.39 is 0 Å². The molecule has 11 heteroatoms. The molecule has 1 heterocycles. The molecular weight excluding hydrogens is 454 g/mol. The third kappa shape index (κ3) is 8.91. The van der Waals surface area contributed by atoms with E-state index in [1.165, 1.54) is 23.3 Å². The zero-order chi connectivity index (χ0) is 23.5. The van der Waals surface area contributed by atoms with Gasteiger partial charge in [-0.25, -0.2) is 4.98 Å². The number of benzene rings is 1. The van der Waals surface area contributed by atoms with Crippen molar-refractivity contribution < 1.29 is 19.1 Å². The average molecular weight is 482 g/mol. The molecule has 32 heavy (non-hydrogen) atoms. The first kappa shape index (κ1) is 25.7. The molecule has 0 saturated carbocycles. The Morgan fingerprint density at radius 2 is 1.84 bits per heavy atom. The Labute approximate surface area is 196 Å². The molecule has 0 fully saturated rings. The molecule has 9 nitrogen and oxygen atoms in total. The van der Waals surface area contributed by atoms with E-state index in [4.69, 9.17) is 16.3 Å². The number of aromatic nitrogens is 1. The van der Waals surface area contributed by atoms with Gasteiger partial charge in [0.2, 0.25) is 11.8 Å². The molecular formula is C21H28ClN5O4S. The first-order chi connectivity index (χ1) is 15.3. The van der Waals surface area contributed by atoms with E-state index in [2.05, 4.69) is 15.6 Å². The van der Waals surface area contributed by atoms with Crippen LogP contribution in [0.25, 0.3) is 0 Å². The minimum atomic E-state index is -0.389. The Morgan fingerprint density at radius 3 is 2.50 bits per heavy atom. The second kappa shape index (κ2) is 13.1. The number of amides is 3. The highest BCUT2D eigenvalue weighted by Crippen LogP contribution is 2.16. The van der Waals surface area contributed by atoms with E-state index in [1.807, 2.05) is 19.0 Å². The summed E-state index contributed by atoms with van der Waals surface area (Å²) < 4.78 is 5.06. The minimum absolute atomic E-state index is 0.130. The molecule has 0 spiro atoms. The maximum atomic E-state index is 12.8. The molecule has 2 rings (SSSR count). The number of hydrogen-bond acceptors (Lipinski definition) is 7. The SMILES string of the molecule is COCCN(CC(=O)Nc1nc(CC(=O)NCCN(C)C)cs1)C(=O)c1ccc(Cl)cc1. The molecule has 174 valence electrons. The summed E-state index contributed by atoms with van der Waals surface area (Å²) in [5, 5.41) is 8.13. The highest BCUT2D eigenvalue weighted by molar-refractivity contribution is 7.13. The lowest BCUT2D eigenvalue weighted by atomic mass is 10.2. The largest absolute Gasteiger partial charge is 0.383 e. The first-order valence-electron chi connectivity index (χ1n) is 9.98. The quantitative estimate of drug-likeness (QED) is 0.478. The normalized spacial score (nSPS) is 10.8. The fourth-order valence-electron chi connectivity index (χ4n) is 2.65. The maximum absolute atomic E-state index is 12.8. The Balaban J connectivity index is 1.91. The van der Waals surface area contributed by atoms with E-state index in [1.54, 1.807) is 29.6 Å². The van der Waals surface area contributed by atoms with Crippen LogP contribution in [-0.2, 0) is 20.7 Å². The van der Waals surface area contributed by atoms with Crippen molar-refractivity contribution in [2.24, 2.45) is 0 Å². The van der Waals surface area contributed by atoms with E-state index in [0.29, 0.717) is 28.0 Å². The van der Waals surface area contributed by atoms with E-state index in [9.17, 15) is 14.4 Å². The van der Waals surface area contributed by atoms with Gasteiger partial charge in [0.15, 0.2) is 5.13 Å². The molecule has 0 atom stereocenters. The van der Waals surface area contributed by atoms with Gasteiger partial charge in [-0.2, -0.15) is 0 Å². The fraction of sp³-hybridized carbons (Fsp3) is 0.429. The van der Waals surface area contributed by atoms with Gasteiger partial charge in [-0.15, -0.1) is 11.3 Å². The van der Waals surface area contributed by atoms with Gasteiger partial charge < -0.3 is 25.2 Å². The number of hydrogen-bond donors (Lipinski definition) is 2. The summed E-state index contributed by atoms with van der Waals surface area (Å²) in [4.78, 5) is 45.0. The summed E-state index contributed by atoms with van der Waals surface area (Å²) in [7, 11) is 5.39. The molecule has 0 radical (unpaired) electrons. The van der Waals surface area contributed by atoms with E-state index >= 15 is 0 Å². The number of ether oxygens (including phenoxy) is 1. The van der Waals surface area contributed by atoms with Crippen LogP contribution in [0, 0.1) is 0 Å². The number of nitrogens with one attached hydrogen (secondary N) is 2. The third-order valence-electron chi connectivity index (χ3n) is 4.30.